The van der Waals surface area contributed by atoms with Crippen LogP contribution in [0.3, 0.4) is 0 Å². The van der Waals surface area contributed by atoms with E-state index < -0.39 is 0 Å². The van der Waals surface area contributed by atoms with Crippen LogP contribution in [0.15, 0.2) is 6.20 Å². The molecule has 1 saturated heterocycles. The smallest absolute Gasteiger partial charge is 0.166 e. The van der Waals surface area contributed by atoms with Gasteiger partial charge in [0.25, 0.3) is 0 Å². The van der Waals surface area contributed by atoms with Crippen LogP contribution in [0.5, 0.6) is 0 Å². The van der Waals surface area contributed by atoms with Gasteiger partial charge in [0.1, 0.15) is 0 Å². The average Bonchev–Trinajstić information content (AvgIpc) is 3.03. The molecule has 2 rings (SSSR count). The molecule has 1 fully saturated rings. The monoisotopic (exact) mass is 316 g/mol. The quantitative estimate of drug-likeness (QED) is 0.620. The topological polar surface area (TPSA) is 51.1 Å². The van der Waals surface area contributed by atoms with Crippen molar-refractivity contribution in [1.82, 2.24) is 20.4 Å². The molecule has 0 spiro atoms. The van der Waals surface area contributed by atoms with E-state index in [-0.39, 0.29) is 0 Å². The van der Waals surface area contributed by atoms with Crippen LogP contribution < -0.4 is 10.6 Å². The van der Waals surface area contributed by atoms with Gasteiger partial charge in [-0.1, -0.05) is 11.6 Å². The van der Waals surface area contributed by atoms with Crippen molar-refractivity contribution < 1.29 is 4.74 Å². The van der Waals surface area contributed by atoms with Gasteiger partial charge in [0.15, 0.2) is 5.11 Å². The van der Waals surface area contributed by atoms with Crippen molar-refractivity contribution in [3.63, 3.8) is 0 Å². The molecule has 2 heterocycles. The Morgan fingerprint density at radius 2 is 2.45 bits per heavy atom. The molecule has 1 aliphatic heterocycles. The summed E-state index contributed by atoms with van der Waals surface area (Å²) in [5.41, 5.74) is 0.869. The Balaban J connectivity index is 1.54. The summed E-state index contributed by atoms with van der Waals surface area (Å²) in [5.74, 6) is 0. The molecule has 7 heteroatoms. The van der Waals surface area contributed by atoms with E-state index in [4.69, 9.17) is 28.6 Å². The largest absolute Gasteiger partial charge is 0.376 e. The van der Waals surface area contributed by atoms with E-state index in [1.165, 1.54) is 0 Å². The van der Waals surface area contributed by atoms with Gasteiger partial charge in [-0.25, -0.2) is 0 Å². The summed E-state index contributed by atoms with van der Waals surface area (Å²) in [4.78, 5) is 0. The van der Waals surface area contributed by atoms with Gasteiger partial charge in [-0.15, -0.1) is 0 Å². The first-order chi connectivity index (χ1) is 9.65. The first-order valence-electron chi connectivity index (χ1n) is 6.98. The lowest BCUT2D eigenvalue weighted by Crippen LogP contribution is -2.39. The molecule has 20 heavy (non-hydrogen) atoms. The van der Waals surface area contributed by atoms with Crippen LogP contribution >= 0.6 is 23.8 Å². The lowest BCUT2D eigenvalue weighted by Gasteiger charge is -2.13. The van der Waals surface area contributed by atoms with Gasteiger partial charge in [-0.3, -0.25) is 4.68 Å². The van der Waals surface area contributed by atoms with Crippen LogP contribution in [0.25, 0.3) is 0 Å². The molecule has 0 aromatic carbocycles. The zero-order chi connectivity index (χ0) is 14.4. The molecule has 1 atom stereocenters. The van der Waals surface area contributed by atoms with Gasteiger partial charge in [0, 0.05) is 32.4 Å². The van der Waals surface area contributed by atoms with Crippen molar-refractivity contribution in [3.8, 4) is 0 Å². The van der Waals surface area contributed by atoms with Crippen LogP contribution in [0.4, 0.5) is 0 Å². The minimum atomic E-state index is 0.309. The van der Waals surface area contributed by atoms with Crippen molar-refractivity contribution in [3.05, 3.63) is 16.9 Å². The van der Waals surface area contributed by atoms with Crippen molar-refractivity contribution in [1.29, 1.82) is 0 Å². The molecule has 0 amide bonds. The van der Waals surface area contributed by atoms with Crippen LogP contribution in [0.1, 0.15) is 25.0 Å². The second-order valence-corrected chi connectivity index (χ2v) is 5.77. The Kier molecular flexibility index (Phi) is 6.06. The lowest BCUT2D eigenvalue weighted by molar-refractivity contribution is 0.114. The van der Waals surface area contributed by atoms with Gasteiger partial charge in [-0.2, -0.15) is 5.10 Å². The molecule has 0 saturated carbocycles. The highest BCUT2D eigenvalue weighted by atomic mass is 35.5. The number of hydrogen-bond acceptors (Lipinski definition) is 3. The molecule has 5 nitrogen and oxygen atoms in total. The normalized spacial score (nSPS) is 18.2. The lowest BCUT2D eigenvalue weighted by atomic mass is 10.2. The fourth-order valence-electron chi connectivity index (χ4n) is 2.13. The van der Waals surface area contributed by atoms with Gasteiger partial charge in [0.05, 0.1) is 16.8 Å². The number of halogens is 1. The second kappa shape index (κ2) is 7.81. The third-order valence-corrected chi connectivity index (χ3v) is 3.91. The van der Waals surface area contributed by atoms with Gasteiger partial charge in [0.2, 0.25) is 0 Å². The fraction of sp³-hybridized carbons (Fsp3) is 0.692. The highest BCUT2D eigenvalue weighted by molar-refractivity contribution is 7.80. The number of thiocarbonyl (C=S) groups is 1. The molecular formula is C13H21ClN4OS. The Hall–Kier alpha value is -0.850. The standard InChI is InChI=1S/C13H21ClN4OS/c1-10-12(14)9-18(17-10)6-3-5-15-13(20)16-8-11-4-2-7-19-11/h9,11H,2-8H2,1H3,(H2,15,16,20)/t11-/m0/s1. The number of hydrogen-bond donors (Lipinski definition) is 2. The van der Waals surface area contributed by atoms with Crippen molar-refractivity contribution >= 4 is 28.9 Å². The first-order valence-corrected chi connectivity index (χ1v) is 7.76. The number of ether oxygens (including phenoxy) is 1. The predicted molar refractivity (Wildman–Crippen MR) is 84.2 cm³/mol. The molecule has 112 valence electrons. The highest BCUT2D eigenvalue weighted by Gasteiger charge is 2.14. The van der Waals surface area contributed by atoms with Gasteiger partial charge < -0.3 is 15.4 Å². The maximum Gasteiger partial charge on any atom is 0.166 e. The summed E-state index contributed by atoms with van der Waals surface area (Å²) < 4.78 is 7.39. The third-order valence-electron chi connectivity index (χ3n) is 3.25. The molecule has 1 aromatic heterocycles. The molecule has 0 aliphatic carbocycles. The molecule has 0 unspecified atom stereocenters. The van der Waals surface area contributed by atoms with Gasteiger partial charge >= 0.3 is 0 Å². The number of aryl methyl sites for hydroxylation is 2. The first kappa shape index (κ1) is 15.5. The third kappa shape index (κ3) is 4.92. The van der Waals surface area contributed by atoms with Crippen LogP contribution in [0.2, 0.25) is 5.02 Å². The maximum atomic E-state index is 5.95. The van der Waals surface area contributed by atoms with Crippen LogP contribution in [0, 0.1) is 6.92 Å². The van der Waals surface area contributed by atoms with Crippen molar-refractivity contribution in [2.75, 3.05) is 19.7 Å². The molecule has 1 aromatic rings. The zero-order valence-electron chi connectivity index (χ0n) is 11.7. The van der Waals surface area contributed by atoms with E-state index in [1.807, 2.05) is 17.8 Å². The summed E-state index contributed by atoms with van der Waals surface area (Å²) in [6.45, 7) is 5.21. The predicted octanol–water partition coefficient (Wildman–Crippen LogP) is 1.88. The van der Waals surface area contributed by atoms with Crippen LogP contribution in [-0.2, 0) is 11.3 Å². The van der Waals surface area contributed by atoms with E-state index in [1.54, 1.807) is 0 Å². The maximum absolute atomic E-state index is 5.95. The Labute approximate surface area is 130 Å². The summed E-state index contributed by atoms with van der Waals surface area (Å²) in [6, 6.07) is 0. The number of nitrogens with one attached hydrogen (secondary N) is 2. The summed E-state index contributed by atoms with van der Waals surface area (Å²) >= 11 is 11.2. The highest BCUT2D eigenvalue weighted by Crippen LogP contribution is 2.12. The number of rotatable bonds is 6. The Bertz CT molecular complexity index is 426. The van der Waals surface area contributed by atoms with E-state index in [2.05, 4.69) is 15.7 Å². The zero-order valence-corrected chi connectivity index (χ0v) is 13.3. The van der Waals surface area contributed by atoms with Crippen molar-refractivity contribution in [2.45, 2.75) is 38.8 Å². The SMILES string of the molecule is Cc1nn(CCCNC(=S)NC[C@@H]2CCCO2)cc1Cl. The summed E-state index contributed by atoms with van der Waals surface area (Å²) in [5, 5.41) is 12.1. The Morgan fingerprint density at radius 3 is 3.10 bits per heavy atom. The second-order valence-electron chi connectivity index (χ2n) is 4.95. The van der Waals surface area contributed by atoms with Crippen LogP contribution in [-0.4, -0.2) is 40.7 Å². The van der Waals surface area contributed by atoms with Gasteiger partial charge in [-0.05, 0) is 38.4 Å². The van der Waals surface area contributed by atoms with E-state index in [0.717, 1.165) is 51.2 Å². The minimum Gasteiger partial charge on any atom is -0.376 e. The molecular weight excluding hydrogens is 296 g/mol. The van der Waals surface area contributed by atoms with E-state index >= 15 is 0 Å². The molecule has 2 N–H and O–H groups in total. The van der Waals surface area contributed by atoms with E-state index in [0.29, 0.717) is 16.2 Å². The molecule has 0 radical (unpaired) electrons. The average molecular weight is 317 g/mol. The summed E-state index contributed by atoms with van der Waals surface area (Å²) in [7, 11) is 0. The molecule has 0 bridgehead atoms. The Morgan fingerprint density at radius 1 is 1.60 bits per heavy atom. The van der Waals surface area contributed by atoms with Crippen molar-refractivity contribution in [2.24, 2.45) is 0 Å². The fourth-order valence-corrected chi connectivity index (χ4v) is 2.46. The molecule has 1 aliphatic rings. The number of aromatic nitrogens is 2. The number of nitrogens with zero attached hydrogens (tertiary/aromatic N) is 2. The summed E-state index contributed by atoms with van der Waals surface area (Å²) in [6.07, 6.45) is 5.38. The minimum absolute atomic E-state index is 0.309. The van der Waals surface area contributed by atoms with E-state index in [9.17, 15) is 0 Å².